The van der Waals surface area contributed by atoms with Crippen LogP contribution in [0.25, 0.3) is 0 Å². The number of carbonyl (C=O) groups excluding carboxylic acids is 1. The van der Waals surface area contributed by atoms with Gasteiger partial charge in [0, 0.05) is 13.1 Å². The second-order valence-corrected chi connectivity index (χ2v) is 3.44. The number of rotatable bonds is 5. The van der Waals surface area contributed by atoms with Crippen LogP contribution in [0.2, 0.25) is 0 Å². The van der Waals surface area contributed by atoms with Gasteiger partial charge in [-0.3, -0.25) is 4.79 Å². The smallest absolute Gasteiger partial charge is 0.328 e. The highest BCUT2D eigenvalue weighted by Gasteiger charge is 2.32. The molecule has 1 saturated heterocycles. The Labute approximate surface area is 93.9 Å². The van der Waals surface area contributed by atoms with Crippen LogP contribution < -0.4 is 5.32 Å². The largest absolute Gasteiger partial charge is 0.480 e. The molecule has 1 aliphatic heterocycles. The summed E-state index contributed by atoms with van der Waals surface area (Å²) in [6.45, 7) is 4.92. The predicted molar refractivity (Wildman–Crippen MR) is 57.0 cm³/mol. The van der Waals surface area contributed by atoms with Crippen LogP contribution in [0.1, 0.15) is 0 Å². The molecule has 1 rings (SSSR count). The Hall–Kier alpha value is -1.40. The van der Waals surface area contributed by atoms with E-state index in [2.05, 4.69) is 11.9 Å². The van der Waals surface area contributed by atoms with Crippen molar-refractivity contribution in [2.24, 2.45) is 0 Å². The van der Waals surface area contributed by atoms with E-state index in [1.165, 1.54) is 4.90 Å². The predicted octanol–water partition coefficient (Wildman–Crippen LogP) is -0.926. The molecule has 0 aliphatic carbocycles. The van der Waals surface area contributed by atoms with Crippen molar-refractivity contribution in [1.82, 2.24) is 10.2 Å². The molecular formula is C10H16N2O4. The number of ether oxygens (including phenoxy) is 1. The summed E-state index contributed by atoms with van der Waals surface area (Å²) in [5.41, 5.74) is 0. The van der Waals surface area contributed by atoms with E-state index in [4.69, 9.17) is 9.84 Å². The lowest BCUT2D eigenvalue weighted by Gasteiger charge is -2.32. The monoisotopic (exact) mass is 228 g/mol. The van der Waals surface area contributed by atoms with Gasteiger partial charge in [0.05, 0.1) is 19.8 Å². The van der Waals surface area contributed by atoms with E-state index in [9.17, 15) is 9.59 Å². The standard InChI is InChI=1S/C10H16N2O4/c1-2-3-11-6-9(13)12-4-5-16-7-8(12)10(14)15/h2,8,11H,1,3-7H2,(H,14,15). The number of carboxylic acid groups (broad SMARTS) is 1. The molecule has 1 heterocycles. The number of hydrogen-bond donors (Lipinski definition) is 2. The third kappa shape index (κ3) is 3.32. The van der Waals surface area contributed by atoms with Gasteiger partial charge >= 0.3 is 5.97 Å². The number of nitrogens with zero attached hydrogens (tertiary/aromatic N) is 1. The molecule has 1 atom stereocenters. The van der Waals surface area contributed by atoms with Crippen molar-refractivity contribution in [2.75, 3.05) is 32.8 Å². The molecule has 0 aromatic heterocycles. The minimum absolute atomic E-state index is 0.0581. The maximum Gasteiger partial charge on any atom is 0.328 e. The van der Waals surface area contributed by atoms with Crippen molar-refractivity contribution in [3.8, 4) is 0 Å². The molecule has 0 saturated carbocycles. The molecule has 0 aromatic rings. The van der Waals surface area contributed by atoms with E-state index in [-0.39, 0.29) is 19.1 Å². The van der Waals surface area contributed by atoms with Gasteiger partial charge in [-0.15, -0.1) is 6.58 Å². The number of carbonyl (C=O) groups is 2. The minimum Gasteiger partial charge on any atom is -0.480 e. The summed E-state index contributed by atoms with van der Waals surface area (Å²) in [6, 6.07) is -0.869. The van der Waals surface area contributed by atoms with Crippen LogP contribution in [0, 0.1) is 0 Å². The fourth-order valence-electron chi connectivity index (χ4n) is 1.49. The van der Waals surface area contributed by atoms with E-state index in [0.717, 1.165) is 0 Å². The van der Waals surface area contributed by atoms with Gasteiger partial charge in [-0.25, -0.2) is 4.79 Å². The molecule has 2 N–H and O–H groups in total. The van der Waals surface area contributed by atoms with Gasteiger partial charge in [0.2, 0.25) is 5.91 Å². The topological polar surface area (TPSA) is 78.9 Å². The van der Waals surface area contributed by atoms with Crippen molar-refractivity contribution in [3.05, 3.63) is 12.7 Å². The zero-order valence-electron chi connectivity index (χ0n) is 9.02. The Kier molecular flexibility index (Phi) is 4.94. The van der Waals surface area contributed by atoms with E-state index in [0.29, 0.717) is 19.7 Å². The van der Waals surface area contributed by atoms with Crippen LogP contribution in [0.4, 0.5) is 0 Å². The maximum atomic E-state index is 11.7. The highest BCUT2D eigenvalue weighted by atomic mass is 16.5. The molecule has 16 heavy (non-hydrogen) atoms. The van der Waals surface area contributed by atoms with Crippen LogP contribution in [-0.2, 0) is 14.3 Å². The first-order valence-electron chi connectivity index (χ1n) is 5.08. The number of carboxylic acids is 1. The molecule has 0 aromatic carbocycles. The second kappa shape index (κ2) is 6.24. The third-order valence-electron chi connectivity index (χ3n) is 2.30. The molecule has 0 bridgehead atoms. The lowest BCUT2D eigenvalue weighted by Crippen LogP contribution is -2.54. The van der Waals surface area contributed by atoms with Crippen molar-refractivity contribution < 1.29 is 19.4 Å². The van der Waals surface area contributed by atoms with Gasteiger partial charge in [-0.2, -0.15) is 0 Å². The Morgan fingerprint density at radius 3 is 3.00 bits per heavy atom. The molecule has 90 valence electrons. The van der Waals surface area contributed by atoms with Crippen molar-refractivity contribution in [2.45, 2.75) is 6.04 Å². The van der Waals surface area contributed by atoms with Crippen molar-refractivity contribution in [3.63, 3.8) is 0 Å². The number of amides is 1. The lowest BCUT2D eigenvalue weighted by atomic mass is 10.2. The van der Waals surface area contributed by atoms with Crippen LogP contribution >= 0.6 is 0 Å². The molecule has 6 nitrogen and oxygen atoms in total. The summed E-state index contributed by atoms with van der Waals surface area (Å²) in [5, 5.41) is 11.8. The Morgan fingerprint density at radius 1 is 1.62 bits per heavy atom. The summed E-state index contributed by atoms with van der Waals surface area (Å²) >= 11 is 0. The molecule has 0 spiro atoms. The minimum atomic E-state index is -1.03. The van der Waals surface area contributed by atoms with Gasteiger partial charge in [0.1, 0.15) is 0 Å². The first kappa shape index (κ1) is 12.7. The summed E-state index contributed by atoms with van der Waals surface area (Å²) in [7, 11) is 0. The van der Waals surface area contributed by atoms with Gasteiger partial charge in [0.25, 0.3) is 0 Å². The Bertz CT molecular complexity index is 280. The molecule has 6 heteroatoms. The van der Waals surface area contributed by atoms with Gasteiger partial charge in [0.15, 0.2) is 6.04 Å². The summed E-state index contributed by atoms with van der Waals surface area (Å²) < 4.78 is 5.04. The van der Waals surface area contributed by atoms with E-state index < -0.39 is 12.0 Å². The van der Waals surface area contributed by atoms with E-state index in [1.807, 2.05) is 0 Å². The SMILES string of the molecule is C=CCNCC(=O)N1CCOCC1C(=O)O. The van der Waals surface area contributed by atoms with Crippen molar-refractivity contribution in [1.29, 1.82) is 0 Å². The molecule has 0 radical (unpaired) electrons. The molecule has 1 fully saturated rings. The zero-order valence-corrected chi connectivity index (χ0v) is 9.02. The molecule has 1 unspecified atom stereocenters. The Balaban J connectivity index is 2.50. The number of aliphatic carboxylic acids is 1. The van der Waals surface area contributed by atoms with Gasteiger partial charge < -0.3 is 20.1 Å². The normalized spacial score (nSPS) is 20.5. The Morgan fingerprint density at radius 2 is 2.38 bits per heavy atom. The molecule has 1 aliphatic rings. The number of nitrogens with one attached hydrogen (secondary N) is 1. The van der Waals surface area contributed by atoms with Gasteiger partial charge in [-0.05, 0) is 0 Å². The quantitative estimate of drug-likeness (QED) is 0.469. The first-order chi connectivity index (χ1) is 7.66. The zero-order chi connectivity index (χ0) is 12.0. The van der Waals surface area contributed by atoms with E-state index in [1.54, 1.807) is 6.08 Å². The summed E-state index contributed by atoms with van der Waals surface area (Å²) in [4.78, 5) is 23.9. The average molecular weight is 228 g/mol. The summed E-state index contributed by atoms with van der Waals surface area (Å²) in [5.74, 6) is -1.26. The number of morpholine rings is 1. The third-order valence-corrected chi connectivity index (χ3v) is 2.30. The van der Waals surface area contributed by atoms with Crippen LogP contribution in [0.3, 0.4) is 0 Å². The fourth-order valence-corrected chi connectivity index (χ4v) is 1.49. The summed E-state index contributed by atoms with van der Waals surface area (Å²) in [6.07, 6.45) is 1.64. The van der Waals surface area contributed by atoms with Crippen LogP contribution in [0.5, 0.6) is 0 Å². The average Bonchev–Trinajstić information content (AvgIpc) is 2.29. The fraction of sp³-hybridized carbons (Fsp3) is 0.600. The maximum absolute atomic E-state index is 11.7. The first-order valence-corrected chi connectivity index (χ1v) is 5.08. The van der Waals surface area contributed by atoms with Crippen molar-refractivity contribution >= 4 is 11.9 Å². The molecular weight excluding hydrogens is 212 g/mol. The molecule has 1 amide bonds. The number of hydrogen-bond acceptors (Lipinski definition) is 4. The highest BCUT2D eigenvalue weighted by molar-refractivity contribution is 5.85. The van der Waals surface area contributed by atoms with Crippen LogP contribution in [-0.4, -0.2) is 60.8 Å². The lowest BCUT2D eigenvalue weighted by molar-refractivity contribution is -0.157. The highest BCUT2D eigenvalue weighted by Crippen LogP contribution is 2.07. The van der Waals surface area contributed by atoms with E-state index >= 15 is 0 Å². The van der Waals surface area contributed by atoms with Crippen LogP contribution in [0.15, 0.2) is 12.7 Å². The second-order valence-electron chi connectivity index (χ2n) is 3.44. The van der Waals surface area contributed by atoms with Gasteiger partial charge in [-0.1, -0.05) is 6.08 Å².